The highest BCUT2D eigenvalue weighted by Gasteiger charge is 2.22. The minimum absolute atomic E-state index is 0. The maximum atomic E-state index is 12.2. The van der Waals surface area contributed by atoms with E-state index in [1.165, 1.54) is 0 Å². The molecule has 6 heteroatoms. The molecule has 1 aliphatic rings. The van der Waals surface area contributed by atoms with Crippen molar-refractivity contribution < 1.29 is 14.3 Å². The predicted molar refractivity (Wildman–Crippen MR) is 89.1 cm³/mol. The average molecular weight is 329 g/mol. The van der Waals surface area contributed by atoms with E-state index in [-0.39, 0.29) is 24.4 Å². The normalized spacial score (nSPS) is 20.7. The van der Waals surface area contributed by atoms with Crippen molar-refractivity contribution in [1.29, 1.82) is 0 Å². The second kappa shape index (κ2) is 8.86. The van der Waals surface area contributed by atoms with E-state index in [0.717, 1.165) is 25.1 Å². The summed E-state index contributed by atoms with van der Waals surface area (Å²) in [6.45, 7) is 4.06. The predicted octanol–water partition coefficient (Wildman–Crippen LogP) is 1.78. The van der Waals surface area contributed by atoms with Crippen LogP contribution in [0.25, 0.3) is 0 Å². The first kappa shape index (κ1) is 18.6. The Balaban J connectivity index is 0.00000242. The molecule has 5 nitrogen and oxygen atoms in total. The largest absolute Gasteiger partial charge is 0.493 e. The van der Waals surface area contributed by atoms with E-state index >= 15 is 0 Å². The summed E-state index contributed by atoms with van der Waals surface area (Å²) < 4.78 is 10.5. The number of amides is 1. The molecule has 1 heterocycles. The number of benzene rings is 1. The Hall–Kier alpha value is -1.46. The number of methoxy groups -OCH3 is 2. The molecule has 22 heavy (non-hydrogen) atoms. The lowest BCUT2D eigenvalue weighted by Gasteiger charge is -2.30. The molecule has 1 amide bonds. The summed E-state index contributed by atoms with van der Waals surface area (Å²) in [5.41, 5.74) is 0.918. The first-order valence-electron chi connectivity index (χ1n) is 7.35. The van der Waals surface area contributed by atoms with Crippen LogP contribution in [0, 0.1) is 5.92 Å². The van der Waals surface area contributed by atoms with Crippen LogP contribution in [0.15, 0.2) is 18.2 Å². The fourth-order valence-corrected chi connectivity index (χ4v) is 2.62. The Morgan fingerprint density at radius 1 is 1.32 bits per heavy atom. The molecule has 2 atom stereocenters. The third kappa shape index (κ3) is 4.78. The number of rotatable bonds is 5. The van der Waals surface area contributed by atoms with Gasteiger partial charge in [0.15, 0.2) is 11.5 Å². The molecule has 0 radical (unpaired) electrons. The molecule has 2 N–H and O–H groups in total. The number of nitrogens with one attached hydrogen (secondary N) is 2. The monoisotopic (exact) mass is 328 g/mol. The van der Waals surface area contributed by atoms with Crippen LogP contribution >= 0.6 is 12.4 Å². The van der Waals surface area contributed by atoms with E-state index in [4.69, 9.17) is 9.47 Å². The summed E-state index contributed by atoms with van der Waals surface area (Å²) in [4.78, 5) is 12.2. The highest BCUT2D eigenvalue weighted by molar-refractivity contribution is 5.85. The summed E-state index contributed by atoms with van der Waals surface area (Å²) in [5.74, 6) is 1.88. The van der Waals surface area contributed by atoms with Gasteiger partial charge in [-0.2, -0.15) is 0 Å². The Morgan fingerprint density at radius 2 is 2.05 bits per heavy atom. The van der Waals surface area contributed by atoms with Crippen LogP contribution in [-0.4, -0.2) is 39.3 Å². The Bertz CT molecular complexity index is 496. The summed E-state index contributed by atoms with van der Waals surface area (Å²) >= 11 is 0. The van der Waals surface area contributed by atoms with Gasteiger partial charge in [0.05, 0.1) is 20.6 Å². The average Bonchev–Trinajstić information content (AvgIpc) is 2.49. The van der Waals surface area contributed by atoms with E-state index in [9.17, 15) is 4.79 Å². The van der Waals surface area contributed by atoms with Crippen LogP contribution in [-0.2, 0) is 11.2 Å². The Morgan fingerprint density at radius 3 is 2.68 bits per heavy atom. The Labute approximate surface area is 138 Å². The summed E-state index contributed by atoms with van der Waals surface area (Å²) in [5, 5.41) is 6.43. The number of hydrogen-bond donors (Lipinski definition) is 2. The fraction of sp³-hybridized carbons (Fsp3) is 0.562. The quantitative estimate of drug-likeness (QED) is 0.865. The van der Waals surface area contributed by atoms with E-state index in [1.54, 1.807) is 14.2 Å². The van der Waals surface area contributed by atoms with Crippen LogP contribution in [0.3, 0.4) is 0 Å². The van der Waals surface area contributed by atoms with Gasteiger partial charge >= 0.3 is 0 Å². The zero-order valence-electron chi connectivity index (χ0n) is 13.3. The zero-order valence-corrected chi connectivity index (χ0v) is 14.2. The van der Waals surface area contributed by atoms with Gasteiger partial charge < -0.3 is 20.1 Å². The molecule has 1 aromatic carbocycles. The van der Waals surface area contributed by atoms with Gasteiger partial charge in [-0.15, -0.1) is 12.4 Å². The van der Waals surface area contributed by atoms with Gasteiger partial charge in [-0.3, -0.25) is 4.79 Å². The van der Waals surface area contributed by atoms with Crippen LogP contribution in [0.5, 0.6) is 11.5 Å². The third-order valence-electron chi connectivity index (χ3n) is 3.99. The summed E-state index contributed by atoms with van der Waals surface area (Å²) in [6.07, 6.45) is 1.45. The van der Waals surface area contributed by atoms with Gasteiger partial charge in [0.1, 0.15) is 0 Å². The first-order chi connectivity index (χ1) is 10.1. The topological polar surface area (TPSA) is 59.6 Å². The van der Waals surface area contributed by atoms with Crippen molar-refractivity contribution in [3.8, 4) is 11.5 Å². The van der Waals surface area contributed by atoms with Crippen LogP contribution < -0.4 is 20.1 Å². The lowest BCUT2D eigenvalue weighted by atomic mass is 9.94. The molecule has 1 aromatic rings. The highest BCUT2D eigenvalue weighted by atomic mass is 35.5. The van der Waals surface area contributed by atoms with Crippen molar-refractivity contribution in [2.75, 3.05) is 27.3 Å². The first-order valence-corrected chi connectivity index (χ1v) is 7.35. The van der Waals surface area contributed by atoms with Gasteiger partial charge in [-0.25, -0.2) is 0 Å². The molecule has 0 aliphatic carbocycles. The molecule has 0 spiro atoms. The third-order valence-corrected chi connectivity index (χ3v) is 3.99. The van der Waals surface area contributed by atoms with Gasteiger partial charge in [-0.05, 0) is 36.6 Å². The number of halogens is 1. The second-order valence-electron chi connectivity index (χ2n) is 5.51. The molecule has 1 aliphatic heterocycles. The molecule has 0 bridgehead atoms. The molecular weight excluding hydrogens is 304 g/mol. The van der Waals surface area contributed by atoms with Gasteiger partial charge in [0.2, 0.25) is 5.91 Å². The molecule has 2 unspecified atom stereocenters. The minimum Gasteiger partial charge on any atom is -0.493 e. The molecule has 1 fully saturated rings. The maximum absolute atomic E-state index is 12.2. The van der Waals surface area contributed by atoms with Crippen molar-refractivity contribution in [1.82, 2.24) is 10.6 Å². The highest BCUT2D eigenvalue weighted by Crippen LogP contribution is 2.27. The fourth-order valence-electron chi connectivity index (χ4n) is 2.62. The molecule has 124 valence electrons. The molecular formula is C16H25ClN2O3. The minimum atomic E-state index is 0. The standard InChI is InChI=1S/C16H24N2O3.ClH/c1-11-6-7-17-10-13(11)18-16(19)9-12-4-5-14(20-2)15(8-12)21-3;/h4-5,8,11,13,17H,6-7,9-10H2,1-3H3,(H,18,19);1H. The van der Waals surface area contributed by atoms with Crippen LogP contribution in [0.4, 0.5) is 0 Å². The lowest BCUT2D eigenvalue weighted by molar-refractivity contribution is -0.121. The maximum Gasteiger partial charge on any atom is 0.224 e. The smallest absolute Gasteiger partial charge is 0.224 e. The molecule has 0 saturated carbocycles. The van der Waals surface area contributed by atoms with Crippen molar-refractivity contribution in [2.45, 2.75) is 25.8 Å². The SMILES string of the molecule is COc1ccc(CC(=O)NC2CNCCC2C)cc1OC.Cl. The van der Waals surface area contributed by atoms with Gasteiger partial charge in [-0.1, -0.05) is 13.0 Å². The molecule has 2 rings (SSSR count). The van der Waals surface area contributed by atoms with E-state index in [0.29, 0.717) is 23.8 Å². The van der Waals surface area contributed by atoms with Crippen molar-refractivity contribution in [2.24, 2.45) is 5.92 Å². The van der Waals surface area contributed by atoms with Gasteiger partial charge in [0.25, 0.3) is 0 Å². The number of piperidine rings is 1. The van der Waals surface area contributed by atoms with Crippen molar-refractivity contribution >= 4 is 18.3 Å². The van der Waals surface area contributed by atoms with Crippen molar-refractivity contribution in [3.05, 3.63) is 23.8 Å². The Kier molecular flexibility index (Phi) is 7.48. The molecule has 0 aromatic heterocycles. The second-order valence-corrected chi connectivity index (χ2v) is 5.51. The van der Waals surface area contributed by atoms with Gasteiger partial charge in [0, 0.05) is 12.6 Å². The number of carbonyl (C=O) groups is 1. The van der Waals surface area contributed by atoms with E-state index in [1.807, 2.05) is 18.2 Å². The van der Waals surface area contributed by atoms with Crippen LogP contribution in [0.1, 0.15) is 18.9 Å². The number of ether oxygens (including phenoxy) is 2. The molecule has 1 saturated heterocycles. The van der Waals surface area contributed by atoms with Crippen molar-refractivity contribution in [3.63, 3.8) is 0 Å². The zero-order chi connectivity index (χ0) is 15.2. The van der Waals surface area contributed by atoms with Crippen LogP contribution in [0.2, 0.25) is 0 Å². The summed E-state index contributed by atoms with van der Waals surface area (Å²) in [6, 6.07) is 5.78. The number of carbonyl (C=O) groups excluding carboxylic acids is 1. The number of hydrogen-bond acceptors (Lipinski definition) is 4. The summed E-state index contributed by atoms with van der Waals surface area (Å²) in [7, 11) is 3.19. The lowest BCUT2D eigenvalue weighted by Crippen LogP contribution is -2.50. The van der Waals surface area contributed by atoms with E-state index < -0.39 is 0 Å². The van der Waals surface area contributed by atoms with E-state index in [2.05, 4.69) is 17.6 Å².